The van der Waals surface area contributed by atoms with Gasteiger partial charge in [0.05, 0.1) is 0 Å². The van der Waals surface area contributed by atoms with E-state index in [-0.39, 0.29) is 5.82 Å². The zero-order chi connectivity index (χ0) is 21.5. The highest BCUT2D eigenvalue weighted by molar-refractivity contribution is 6.03. The third kappa shape index (κ3) is 2.77. The van der Waals surface area contributed by atoms with Gasteiger partial charge in [-0.15, -0.1) is 0 Å². The molecule has 154 valence electrons. The predicted octanol–water partition coefficient (Wildman–Crippen LogP) is 4.61. The molecule has 2 atom stereocenters. The van der Waals surface area contributed by atoms with E-state index in [0.717, 1.165) is 22.3 Å². The number of benzene rings is 2. The van der Waals surface area contributed by atoms with Gasteiger partial charge in [-0.2, -0.15) is 0 Å². The summed E-state index contributed by atoms with van der Waals surface area (Å²) in [4.78, 5) is 9.24. The number of nitrogens with two attached hydrogens (primary N) is 1. The maximum atomic E-state index is 14.7. The topological polar surface area (TPSA) is 60.5 Å². The SMILES string of the molecule is COC1(C2(c3ccncc3)N=C(N)c3ccccc32)C=CC=C(c2ccccc2F)C1. The summed E-state index contributed by atoms with van der Waals surface area (Å²) in [5.74, 6) is 0.195. The number of halogens is 1. The summed E-state index contributed by atoms with van der Waals surface area (Å²) in [6.07, 6.45) is 9.78. The van der Waals surface area contributed by atoms with Gasteiger partial charge in [0.25, 0.3) is 0 Å². The monoisotopic (exact) mass is 411 g/mol. The zero-order valence-electron chi connectivity index (χ0n) is 17.1. The van der Waals surface area contributed by atoms with Gasteiger partial charge < -0.3 is 10.5 Å². The Balaban J connectivity index is 1.75. The maximum Gasteiger partial charge on any atom is 0.146 e. The number of rotatable bonds is 4. The average molecular weight is 411 g/mol. The van der Waals surface area contributed by atoms with Crippen LogP contribution in [0, 0.1) is 5.82 Å². The van der Waals surface area contributed by atoms with Crippen molar-refractivity contribution in [2.45, 2.75) is 17.6 Å². The minimum absolute atomic E-state index is 0.262. The van der Waals surface area contributed by atoms with Gasteiger partial charge in [-0.3, -0.25) is 4.98 Å². The first-order valence-corrected chi connectivity index (χ1v) is 10.2. The number of fused-ring (bicyclic) bond motifs is 1. The first-order valence-electron chi connectivity index (χ1n) is 10.2. The lowest BCUT2D eigenvalue weighted by Gasteiger charge is -2.46. The van der Waals surface area contributed by atoms with E-state index in [9.17, 15) is 4.39 Å². The van der Waals surface area contributed by atoms with Crippen LogP contribution in [-0.4, -0.2) is 23.5 Å². The van der Waals surface area contributed by atoms with Gasteiger partial charge in [0.2, 0.25) is 0 Å². The van der Waals surface area contributed by atoms with Crippen LogP contribution in [0.4, 0.5) is 4.39 Å². The van der Waals surface area contributed by atoms with Crippen LogP contribution >= 0.6 is 0 Å². The van der Waals surface area contributed by atoms with Gasteiger partial charge in [0.1, 0.15) is 22.8 Å². The lowest BCUT2D eigenvalue weighted by Crippen LogP contribution is -2.51. The van der Waals surface area contributed by atoms with Crippen LogP contribution in [0.25, 0.3) is 5.57 Å². The highest BCUT2D eigenvalue weighted by Crippen LogP contribution is 2.54. The van der Waals surface area contributed by atoms with E-state index in [4.69, 9.17) is 15.5 Å². The summed E-state index contributed by atoms with van der Waals surface area (Å²) in [6.45, 7) is 0. The van der Waals surface area contributed by atoms with Crippen LogP contribution in [0.5, 0.6) is 0 Å². The highest BCUT2D eigenvalue weighted by Gasteiger charge is 2.57. The molecule has 0 radical (unpaired) electrons. The van der Waals surface area contributed by atoms with Crippen molar-refractivity contribution in [1.29, 1.82) is 0 Å². The Morgan fingerprint density at radius 3 is 2.42 bits per heavy atom. The van der Waals surface area contributed by atoms with E-state index in [1.54, 1.807) is 31.6 Å². The molecule has 0 bridgehead atoms. The molecule has 0 spiro atoms. The molecule has 0 saturated carbocycles. The molecule has 1 aromatic heterocycles. The highest BCUT2D eigenvalue weighted by atomic mass is 19.1. The number of aliphatic imine (C=N–C) groups is 1. The number of pyridine rings is 1. The number of amidine groups is 1. The molecule has 1 aliphatic heterocycles. The fourth-order valence-corrected chi connectivity index (χ4v) is 4.87. The van der Waals surface area contributed by atoms with Crippen LogP contribution in [0.15, 0.2) is 96.3 Å². The third-order valence-corrected chi connectivity index (χ3v) is 6.29. The first kappa shape index (κ1) is 19.4. The molecule has 4 nitrogen and oxygen atoms in total. The van der Waals surface area contributed by atoms with E-state index < -0.39 is 11.1 Å². The van der Waals surface area contributed by atoms with Crippen LogP contribution in [0.3, 0.4) is 0 Å². The molecule has 0 saturated heterocycles. The van der Waals surface area contributed by atoms with Crippen LogP contribution in [0.2, 0.25) is 0 Å². The van der Waals surface area contributed by atoms with E-state index in [1.165, 1.54) is 6.07 Å². The van der Waals surface area contributed by atoms with E-state index in [0.29, 0.717) is 17.8 Å². The van der Waals surface area contributed by atoms with Crippen molar-refractivity contribution in [2.24, 2.45) is 10.7 Å². The van der Waals surface area contributed by atoms with Crippen molar-refractivity contribution in [3.63, 3.8) is 0 Å². The van der Waals surface area contributed by atoms with Crippen molar-refractivity contribution in [2.75, 3.05) is 7.11 Å². The van der Waals surface area contributed by atoms with Crippen LogP contribution < -0.4 is 5.73 Å². The fourth-order valence-electron chi connectivity index (χ4n) is 4.87. The Morgan fingerprint density at radius 2 is 1.68 bits per heavy atom. The number of hydrogen-bond donors (Lipinski definition) is 1. The third-order valence-electron chi connectivity index (χ3n) is 6.29. The normalized spacial score (nSPS) is 24.5. The molecule has 5 heteroatoms. The summed E-state index contributed by atoms with van der Waals surface area (Å²) in [6, 6.07) is 18.6. The van der Waals surface area contributed by atoms with Crippen molar-refractivity contribution < 1.29 is 9.13 Å². The molecule has 2 aliphatic rings. The molecule has 2 heterocycles. The van der Waals surface area contributed by atoms with Crippen molar-refractivity contribution in [3.05, 3.63) is 119 Å². The van der Waals surface area contributed by atoms with E-state index in [1.807, 2.05) is 60.7 Å². The summed E-state index contributed by atoms with van der Waals surface area (Å²) in [5, 5.41) is 0. The number of ether oxygens (including phenoxy) is 1. The molecule has 31 heavy (non-hydrogen) atoms. The molecule has 5 rings (SSSR count). The zero-order valence-corrected chi connectivity index (χ0v) is 17.1. The Morgan fingerprint density at radius 1 is 0.968 bits per heavy atom. The van der Waals surface area contributed by atoms with Gasteiger partial charge in [-0.25, -0.2) is 9.38 Å². The van der Waals surface area contributed by atoms with E-state index >= 15 is 0 Å². The quantitative estimate of drug-likeness (QED) is 0.682. The minimum atomic E-state index is -0.938. The summed E-state index contributed by atoms with van der Waals surface area (Å²) in [5.41, 5.74) is 8.72. The molecule has 0 amide bonds. The lowest BCUT2D eigenvalue weighted by atomic mass is 9.66. The van der Waals surface area contributed by atoms with Crippen molar-refractivity contribution in [1.82, 2.24) is 4.98 Å². The van der Waals surface area contributed by atoms with Gasteiger partial charge in [-0.05, 0) is 41.0 Å². The predicted molar refractivity (Wildman–Crippen MR) is 120 cm³/mol. The van der Waals surface area contributed by atoms with Gasteiger partial charge in [-0.1, -0.05) is 54.6 Å². The second-order valence-corrected chi connectivity index (χ2v) is 7.79. The lowest BCUT2D eigenvalue weighted by molar-refractivity contribution is -0.0152. The number of nitrogens with zero attached hydrogens (tertiary/aromatic N) is 2. The molecule has 3 aromatic rings. The molecule has 0 fully saturated rings. The van der Waals surface area contributed by atoms with Crippen molar-refractivity contribution in [3.8, 4) is 0 Å². The smallest absolute Gasteiger partial charge is 0.146 e. The Hall–Kier alpha value is -3.57. The molecule has 1 aliphatic carbocycles. The Kier molecular flexibility index (Phi) is 4.56. The Labute approximate surface area is 180 Å². The number of allylic oxidation sites excluding steroid dienone is 2. The molecular weight excluding hydrogens is 389 g/mol. The second-order valence-electron chi connectivity index (χ2n) is 7.79. The van der Waals surface area contributed by atoms with Gasteiger partial charge >= 0.3 is 0 Å². The molecule has 2 aromatic carbocycles. The van der Waals surface area contributed by atoms with Crippen LogP contribution in [-0.2, 0) is 10.3 Å². The molecule has 2 unspecified atom stereocenters. The number of methoxy groups -OCH3 is 1. The summed E-state index contributed by atoms with van der Waals surface area (Å²) >= 11 is 0. The van der Waals surface area contributed by atoms with Gasteiger partial charge in [0, 0.05) is 37.1 Å². The number of hydrogen-bond acceptors (Lipinski definition) is 4. The number of aromatic nitrogens is 1. The Bertz CT molecular complexity index is 1230. The summed E-state index contributed by atoms with van der Waals surface area (Å²) < 4.78 is 20.9. The second kappa shape index (κ2) is 7.29. The molecular formula is C26H22FN3O. The largest absolute Gasteiger partial charge is 0.383 e. The average Bonchev–Trinajstić information content (AvgIpc) is 3.14. The van der Waals surface area contributed by atoms with Crippen molar-refractivity contribution >= 4 is 11.4 Å². The van der Waals surface area contributed by atoms with Gasteiger partial charge in [0.15, 0.2) is 0 Å². The fraction of sp³-hybridized carbons (Fsp3) is 0.154. The molecule has 2 N–H and O–H groups in total. The van der Waals surface area contributed by atoms with E-state index in [2.05, 4.69) is 4.98 Å². The van der Waals surface area contributed by atoms with Crippen LogP contribution in [0.1, 0.15) is 28.7 Å². The maximum absolute atomic E-state index is 14.7. The standard InChI is InChI=1S/C26H22FN3O/c1-31-25(14-6-7-18(17-25)20-8-3-5-11-23(20)27)26(19-12-15-29-16-13-19)22-10-4-2-9-21(22)24(28)30-26/h2-16H,17H2,1H3,(H2,28,30). The summed E-state index contributed by atoms with van der Waals surface area (Å²) in [7, 11) is 1.67. The first-order chi connectivity index (χ1) is 15.1. The minimum Gasteiger partial charge on any atom is -0.383 e.